The Hall–Kier alpha value is -1.49. The van der Waals surface area contributed by atoms with E-state index in [4.69, 9.17) is 0 Å². The molecule has 1 unspecified atom stereocenters. The maximum Gasteiger partial charge on any atom is 0.416 e. The molecule has 0 heterocycles. The number of anilines is 1. The fraction of sp³-hybridized carbons (Fsp3) is 0.200. The first-order valence-corrected chi connectivity index (χ1v) is 6.85. The average molecular weight is 344 g/mol. The standard InChI is InChI=1S/C15H13BrF3N/c1-10(13-4-2-3-5-14(13)16)20-12-8-6-11(7-9-12)15(17,18)19/h2-10,20H,1H3. The van der Waals surface area contributed by atoms with Gasteiger partial charge < -0.3 is 5.32 Å². The fourth-order valence-electron chi connectivity index (χ4n) is 1.91. The molecular weight excluding hydrogens is 331 g/mol. The SMILES string of the molecule is CC(Nc1ccc(C(F)(F)F)cc1)c1ccccc1Br. The van der Waals surface area contributed by atoms with Gasteiger partial charge in [-0.15, -0.1) is 0 Å². The van der Waals surface area contributed by atoms with Gasteiger partial charge in [-0.2, -0.15) is 13.2 Å². The highest BCUT2D eigenvalue weighted by Crippen LogP contribution is 2.31. The van der Waals surface area contributed by atoms with E-state index in [0.29, 0.717) is 5.69 Å². The maximum absolute atomic E-state index is 12.5. The topological polar surface area (TPSA) is 12.0 Å². The smallest absolute Gasteiger partial charge is 0.378 e. The molecule has 0 bridgehead atoms. The number of rotatable bonds is 3. The summed E-state index contributed by atoms with van der Waals surface area (Å²) in [4.78, 5) is 0. The summed E-state index contributed by atoms with van der Waals surface area (Å²) in [5.74, 6) is 0. The van der Waals surface area contributed by atoms with Gasteiger partial charge in [0.15, 0.2) is 0 Å². The lowest BCUT2D eigenvalue weighted by molar-refractivity contribution is -0.137. The van der Waals surface area contributed by atoms with E-state index in [2.05, 4.69) is 21.2 Å². The van der Waals surface area contributed by atoms with Crippen LogP contribution >= 0.6 is 15.9 Å². The molecule has 2 rings (SSSR count). The molecule has 2 aromatic carbocycles. The van der Waals surface area contributed by atoms with E-state index in [1.165, 1.54) is 12.1 Å². The van der Waals surface area contributed by atoms with Gasteiger partial charge in [0.1, 0.15) is 0 Å². The quantitative estimate of drug-likeness (QED) is 0.760. The molecule has 0 aliphatic rings. The molecule has 0 aliphatic heterocycles. The average Bonchev–Trinajstić information content (AvgIpc) is 2.38. The molecule has 0 saturated carbocycles. The van der Waals surface area contributed by atoms with Crippen molar-refractivity contribution < 1.29 is 13.2 Å². The number of halogens is 4. The molecule has 20 heavy (non-hydrogen) atoms. The number of nitrogens with one attached hydrogen (secondary N) is 1. The van der Waals surface area contributed by atoms with Crippen LogP contribution < -0.4 is 5.32 Å². The van der Waals surface area contributed by atoms with Crippen LogP contribution in [-0.2, 0) is 6.18 Å². The second kappa shape index (κ2) is 5.87. The van der Waals surface area contributed by atoms with Crippen LogP contribution in [0.1, 0.15) is 24.1 Å². The Morgan fingerprint density at radius 2 is 1.60 bits per heavy atom. The van der Waals surface area contributed by atoms with E-state index in [1.807, 2.05) is 31.2 Å². The molecule has 1 N–H and O–H groups in total. The van der Waals surface area contributed by atoms with E-state index in [1.54, 1.807) is 0 Å². The minimum atomic E-state index is -4.30. The molecule has 106 valence electrons. The van der Waals surface area contributed by atoms with Crippen molar-refractivity contribution in [3.63, 3.8) is 0 Å². The highest BCUT2D eigenvalue weighted by atomic mass is 79.9. The highest BCUT2D eigenvalue weighted by molar-refractivity contribution is 9.10. The predicted molar refractivity (Wildman–Crippen MR) is 77.6 cm³/mol. The van der Waals surface area contributed by atoms with Crippen molar-refractivity contribution in [1.29, 1.82) is 0 Å². The van der Waals surface area contributed by atoms with Gasteiger partial charge in [-0.05, 0) is 42.8 Å². The highest BCUT2D eigenvalue weighted by Gasteiger charge is 2.29. The molecule has 0 aliphatic carbocycles. The molecule has 0 saturated heterocycles. The second-order valence-corrected chi connectivity index (χ2v) is 5.32. The minimum Gasteiger partial charge on any atom is -0.378 e. The number of alkyl halides is 3. The van der Waals surface area contributed by atoms with Crippen LogP contribution in [-0.4, -0.2) is 0 Å². The number of hydrogen-bond acceptors (Lipinski definition) is 1. The van der Waals surface area contributed by atoms with Crippen LogP contribution in [0.4, 0.5) is 18.9 Å². The van der Waals surface area contributed by atoms with Gasteiger partial charge in [0.05, 0.1) is 5.56 Å². The lowest BCUT2D eigenvalue weighted by Crippen LogP contribution is -2.08. The molecule has 0 spiro atoms. The Bertz CT molecular complexity index is 578. The van der Waals surface area contributed by atoms with Gasteiger partial charge >= 0.3 is 6.18 Å². The fourth-order valence-corrected chi connectivity index (χ4v) is 2.54. The van der Waals surface area contributed by atoms with Crippen LogP contribution in [0.5, 0.6) is 0 Å². The van der Waals surface area contributed by atoms with Gasteiger partial charge in [0, 0.05) is 16.2 Å². The Morgan fingerprint density at radius 3 is 2.15 bits per heavy atom. The van der Waals surface area contributed by atoms with Crippen molar-refractivity contribution in [3.8, 4) is 0 Å². The van der Waals surface area contributed by atoms with Crippen LogP contribution in [0.3, 0.4) is 0 Å². The zero-order chi connectivity index (χ0) is 14.8. The monoisotopic (exact) mass is 343 g/mol. The third kappa shape index (κ3) is 3.54. The van der Waals surface area contributed by atoms with Crippen LogP contribution in [0.15, 0.2) is 53.0 Å². The molecule has 0 aromatic heterocycles. The molecule has 0 amide bonds. The lowest BCUT2D eigenvalue weighted by atomic mass is 10.1. The second-order valence-electron chi connectivity index (χ2n) is 4.46. The Morgan fingerprint density at radius 1 is 1.00 bits per heavy atom. The number of benzene rings is 2. The summed E-state index contributed by atoms with van der Waals surface area (Å²) in [7, 11) is 0. The first-order valence-electron chi connectivity index (χ1n) is 6.06. The Kier molecular flexibility index (Phi) is 4.38. The Labute approximate surface area is 123 Å². The van der Waals surface area contributed by atoms with Crippen molar-refractivity contribution in [2.24, 2.45) is 0 Å². The zero-order valence-corrected chi connectivity index (χ0v) is 12.3. The maximum atomic E-state index is 12.5. The largest absolute Gasteiger partial charge is 0.416 e. The first-order chi connectivity index (χ1) is 9.38. The van der Waals surface area contributed by atoms with E-state index >= 15 is 0 Å². The molecular formula is C15H13BrF3N. The van der Waals surface area contributed by atoms with Gasteiger partial charge in [0.25, 0.3) is 0 Å². The lowest BCUT2D eigenvalue weighted by Gasteiger charge is -2.17. The van der Waals surface area contributed by atoms with Crippen LogP contribution in [0.25, 0.3) is 0 Å². The molecule has 1 nitrogen and oxygen atoms in total. The van der Waals surface area contributed by atoms with Crippen molar-refractivity contribution in [1.82, 2.24) is 0 Å². The molecule has 1 atom stereocenters. The third-order valence-corrected chi connectivity index (χ3v) is 3.69. The minimum absolute atomic E-state index is 0.0117. The first kappa shape index (κ1) is 14.9. The summed E-state index contributed by atoms with van der Waals surface area (Å²) in [6, 6.07) is 12.8. The summed E-state index contributed by atoms with van der Waals surface area (Å²) in [5, 5.41) is 3.18. The van der Waals surface area contributed by atoms with Gasteiger partial charge in [-0.25, -0.2) is 0 Å². The van der Waals surface area contributed by atoms with Crippen LogP contribution in [0.2, 0.25) is 0 Å². The van der Waals surface area contributed by atoms with Gasteiger partial charge in [0.2, 0.25) is 0 Å². The van der Waals surface area contributed by atoms with Crippen LogP contribution in [0, 0.1) is 0 Å². The van der Waals surface area contributed by atoms with Crippen molar-refractivity contribution in [2.75, 3.05) is 5.32 Å². The van der Waals surface area contributed by atoms with Crippen molar-refractivity contribution >= 4 is 21.6 Å². The number of hydrogen-bond donors (Lipinski definition) is 1. The predicted octanol–water partition coefficient (Wildman–Crippen LogP) is 5.64. The summed E-state index contributed by atoms with van der Waals surface area (Å²) in [5.41, 5.74) is 1.06. The normalized spacial score (nSPS) is 13.1. The zero-order valence-electron chi connectivity index (χ0n) is 10.7. The summed E-state index contributed by atoms with van der Waals surface area (Å²) >= 11 is 3.46. The third-order valence-electron chi connectivity index (χ3n) is 2.97. The van der Waals surface area contributed by atoms with Crippen molar-refractivity contribution in [3.05, 3.63) is 64.1 Å². The van der Waals surface area contributed by atoms with E-state index < -0.39 is 11.7 Å². The summed E-state index contributed by atoms with van der Waals surface area (Å²) < 4.78 is 38.4. The summed E-state index contributed by atoms with van der Waals surface area (Å²) in [6.07, 6.45) is -4.30. The van der Waals surface area contributed by atoms with Gasteiger partial charge in [-0.3, -0.25) is 0 Å². The van der Waals surface area contributed by atoms with E-state index in [9.17, 15) is 13.2 Å². The molecule has 2 aromatic rings. The Balaban J connectivity index is 2.13. The molecule has 0 fully saturated rings. The van der Waals surface area contributed by atoms with E-state index in [-0.39, 0.29) is 6.04 Å². The van der Waals surface area contributed by atoms with Gasteiger partial charge in [-0.1, -0.05) is 34.1 Å². The molecule has 0 radical (unpaired) electrons. The summed E-state index contributed by atoms with van der Waals surface area (Å²) in [6.45, 7) is 1.96. The molecule has 5 heteroatoms. The van der Waals surface area contributed by atoms with E-state index in [0.717, 1.165) is 22.2 Å². The van der Waals surface area contributed by atoms with Crippen molar-refractivity contribution in [2.45, 2.75) is 19.1 Å².